The molecule has 0 heterocycles. The molecule has 0 radical (unpaired) electrons. The molecular weight excluding hydrogens is 492 g/mol. The summed E-state index contributed by atoms with van der Waals surface area (Å²) in [7, 11) is 0. The van der Waals surface area contributed by atoms with Crippen LogP contribution in [-0.4, -0.2) is 60.3 Å². The summed E-state index contributed by atoms with van der Waals surface area (Å²) in [5, 5.41) is 26.6. The molecule has 0 spiro atoms. The van der Waals surface area contributed by atoms with E-state index in [2.05, 4.69) is 17.8 Å². The Balaban J connectivity index is -0.000000449. The Bertz CT molecular complexity index is 781. The van der Waals surface area contributed by atoms with E-state index in [1.165, 1.54) is 6.92 Å². The number of hydrazine groups is 3. The number of hydrogen-bond acceptors (Lipinski definition) is 9. The first-order chi connectivity index (χ1) is 15.1. The number of amides is 4. The summed E-state index contributed by atoms with van der Waals surface area (Å²) in [5.74, 6) is 2.31. The molecule has 194 valence electrons. The molecule has 0 bridgehead atoms. The largest absolute Gasteiger partial charge is 0.271 e. The van der Waals surface area contributed by atoms with Gasteiger partial charge in [-0.15, -0.1) is 5.17 Å². The van der Waals surface area contributed by atoms with E-state index in [1.54, 1.807) is 30.4 Å². The maximum atomic E-state index is 11.3. The van der Waals surface area contributed by atoms with E-state index in [0.29, 0.717) is 10.7 Å². The van der Waals surface area contributed by atoms with Crippen molar-refractivity contribution >= 4 is 23.6 Å². The number of hydroxylamine groups is 3. The molecule has 1 aliphatic carbocycles. The molecule has 1 aliphatic rings. The number of rotatable bonds is 5. The Hall–Kier alpha value is -2.84. The molecule has 1 rings (SSSR count). The zero-order valence-corrected chi connectivity index (χ0v) is 20.9. The number of nitrogens with two attached hydrogens (primary N) is 1. The van der Waals surface area contributed by atoms with Gasteiger partial charge in [-0.05, 0) is 26.7 Å². The maximum absolute atomic E-state index is 11.3. The fourth-order valence-electron chi connectivity index (χ4n) is 1.72. The fourth-order valence-corrected chi connectivity index (χ4v) is 1.72. The summed E-state index contributed by atoms with van der Waals surface area (Å²) < 4.78 is 0. The third-order valence-corrected chi connectivity index (χ3v) is 3.43. The summed E-state index contributed by atoms with van der Waals surface area (Å²) in [5.41, 5.74) is 4.59. The van der Waals surface area contributed by atoms with E-state index in [-0.39, 0.29) is 27.4 Å². The molecule has 34 heavy (non-hydrogen) atoms. The predicted molar refractivity (Wildman–Crippen MR) is 118 cm³/mol. The summed E-state index contributed by atoms with van der Waals surface area (Å²) in [4.78, 5) is 42.3. The van der Waals surface area contributed by atoms with Gasteiger partial charge in [0.25, 0.3) is 23.6 Å². The molecule has 0 aromatic heterocycles. The maximum Gasteiger partial charge on any atom is 0.271 e. The zero-order valence-electron chi connectivity index (χ0n) is 19.8. The van der Waals surface area contributed by atoms with Gasteiger partial charge >= 0.3 is 0 Å². The van der Waals surface area contributed by atoms with Gasteiger partial charge in [0.2, 0.25) is 0 Å². The SMILES string of the molecule is C=C/C=C\C(C)(C)NN(O)C(C)=O.CC(=O)N(N)O.CC(=O)N(O)NC(=O)C1=CCCC=C1.[Fe]. The van der Waals surface area contributed by atoms with Crippen LogP contribution < -0.4 is 16.7 Å². The predicted octanol–water partition coefficient (Wildman–Crippen LogP) is 0.877. The second kappa shape index (κ2) is 18.6. The molecule has 0 atom stereocenters. The minimum absolute atomic E-state index is 0. The Morgan fingerprint density at radius 1 is 1.03 bits per heavy atom. The molecule has 0 unspecified atom stereocenters. The molecule has 0 aromatic rings. The quantitative estimate of drug-likeness (QED) is 0.0754. The van der Waals surface area contributed by atoms with E-state index < -0.39 is 29.2 Å². The van der Waals surface area contributed by atoms with Crippen molar-refractivity contribution in [2.45, 2.75) is 53.0 Å². The number of nitrogens with zero attached hydrogens (tertiary/aromatic N) is 3. The van der Waals surface area contributed by atoms with Crippen LogP contribution in [0.1, 0.15) is 47.5 Å². The minimum Gasteiger partial charge on any atom is -0.271 e. The third kappa shape index (κ3) is 18.7. The van der Waals surface area contributed by atoms with Crippen LogP contribution in [0.2, 0.25) is 0 Å². The molecule has 4 amide bonds. The van der Waals surface area contributed by atoms with Crippen molar-refractivity contribution in [1.82, 2.24) is 26.4 Å². The van der Waals surface area contributed by atoms with Crippen LogP contribution in [0.15, 0.2) is 48.6 Å². The van der Waals surface area contributed by atoms with Crippen molar-refractivity contribution < 1.29 is 51.9 Å². The number of hydrogen-bond donors (Lipinski definition) is 6. The standard InChI is InChI=1S/C9H12N2O3.C9H16N2O2.C2H6N2O2.Fe/c1-7(12)11(14)10-9(13)8-5-3-2-4-6-8;1-5-6-7-9(3,4)10-11(13)8(2)12;1-2(5)4(3)6;/h3,5-6,14H,2,4H2,1H3,(H,10,13);5-7,10,13H,1H2,2-4H3;6H,3H2,1H3;/b;7-6-;;. The molecule has 0 aromatic carbocycles. The average Bonchev–Trinajstić information content (AvgIpc) is 2.73. The normalized spacial score (nSPS) is 11.9. The van der Waals surface area contributed by atoms with Crippen molar-refractivity contribution in [3.05, 3.63) is 48.6 Å². The van der Waals surface area contributed by atoms with Gasteiger partial charge in [-0.2, -0.15) is 15.8 Å². The monoisotopic (exact) mass is 526 g/mol. The summed E-state index contributed by atoms with van der Waals surface area (Å²) in [6.07, 6.45) is 12.1. The van der Waals surface area contributed by atoms with Gasteiger partial charge in [-0.25, -0.2) is 11.3 Å². The Labute approximate surface area is 209 Å². The molecule has 14 heteroatoms. The first-order valence-electron chi connectivity index (χ1n) is 9.63. The van der Waals surface area contributed by atoms with Crippen molar-refractivity contribution in [3.8, 4) is 0 Å². The van der Waals surface area contributed by atoms with Crippen LogP contribution >= 0.6 is 0 Å². The second-order valence-electron chi connectivity index (χ2n) is 7.03. The number of carbonyl (C=O) groups is 4. The van der Waals surface area contributed by atoms with Crippen LogP contribution in [0.5, 0.6) is 0 Å². The second-order valence-corrected chi connectivity index (χ2v) is 7.03. The first kappa shape index (κ1) is 35.7. The van der Waals surface area contributed by atoms with Crippen LogP contribution in [0.3, 0.4) is 0 Å². The van der Waals surface area contributed by atoms with E-state index in [0.717, 1.165) is 26.7 Å². The topological polar surface area (TPSA) is 189 Å². The van der Waals surface area contributed by atoms with Crippen molar-refractivity contribution in [3.63, 3.8) is 0 Å². The Morgan fingerprint density at radius 2 is 1.53 bits per heavy atom. The molecule has 7 N–H and O–H groups in total. The van der Waals surface area contributed by atoms with Gasteiger partial charge in [0.1, 0.15) is 0 Å². The van der Waals surface area contributed by atoms with E-state index in [1.807, 2.05) is 25.3 Å². The first-order valence-corrected chi connectivity index (χ1v) is 9.63. The Kier molecular flexibility index (Phi) is 19.5. The number of carbonyl (C=O) groups excluding carboxylic acids is 4. The number of allylic oxidation sites excluding steroid dienone is 4. The molecule has 0 saturated heterocycles. The fraction of sp³-hybridized carbons (Fsp3) is 0.400. The van der Waals surface area contributed by atoms with Gasteiger partial charge in [0.15, 0.2) is 0 Å². The van der Waals surface area contributed by atoms with Gasteiger partial charge in [-0.3, -0.25) is 34.8 Å². The van der Waals surface area contributed by atoms with E-state index >= 15 is 0 Å². The average molecular weight is 526 g/mol. The van der Waals surface area contributed by atoms with Crippen LogP contribution in [-0.2, 0) is 36.2 Å². The van der Waals surface area contributed by atoms with Crippen LogP contribution in [0.25, 0.3) is 0 Å². The van der Waals surface area contributed by atoms with Crippen LogP contribution in [0, 0.1) is 0 Å². The van der Waals surface area contributed by atoms with E-state index in [9.17, 15) is 19.2 Å². The van der Waals surface area contributed by atoms with Gasteiger partial charge < -0.3 is 0 Å². The minimum atomic E-state index is -0.640. The van der Waals surface area contributed by atoms with E-state index in [4.69, 9.17) is 15.6 Å². The third-order valence-electron chi connectivity index (χ3n) is 3.43. The van der Waals surface area contributed by atoms with Gasteiger partial charge in [0.05, 0.1) is 5.54 Å². The molecule has 0 aliphatic heterocycles. The van der Waals surface area contributed by atoms with Crippen molar-refractivity contribution in [1.29, 1.82) is 0 Å². The van der Waals surface area contributed by atoms with Gasteiger partial charge in [0, 0.05) is 43.4 Å². The van der Waals surface area contributed by atoms with Crippen molar-refractivity contribution in [2.75, 3.05) is 0 Å². The smallest absolute Gasteiger partial charge is 0.271 e. The Morgan fingerprint density at radius 3 is 1.88 bits per heavy atom. The summed E-state index contributed by atoms with van der Waals surface area (Å²) in [6.45, 7) is 10.7. The van der Waals surface area contributed by atoms with Gasteiger partial charge in [-0.1, -0.05) is 43.0 Å². The molecule has 0 fully saturated rings. The summed E-state index contributed by atoms with van der Waals surface area (Å²) >= 11 is 0. The van der Waals surface area contributed by atoms with Crippen LogP contribution in [0.4, 0.5) is 0 Å². The molecular formula is C20H34FeN6O7. The molecule has 0 saturated carbocycles. The van der Waals surface area contributed by atoms with Crippen molar-refractivity contribution in [2.24, 2.45) is 5.84 Å². The zero-order chi connectivity index (χ0) is 26.2. The number of nitrogens with one attached hydrogen (secondary N) is 2. The summed E-state index contributed by atoms with van der Waals surface area (Å²) in [6, 6.07) is 0. The molecule has 13 nitrogen and oxygen atoms in total.